The molecule has 0 spiro atoms. The fraction of sp³-hybridized carbons (Fsp3) is 0.276. The Morgan fingerprint density at radius 2 is 1.93 bits per heavy atom. The van der Waals surface area contributed by atoms with Crippen LogP contribution in [0.15, 0.2) is 61.6 Å². The second kappa shape index (κ2) is 10.5. The average molecular weight is 551 g/mol. The number of anilines is 3. The van der Waals surface area contributed by atoms with Crippen LogP contribution in [0.5, 0.6) is 11.5 Å². The van der Waals surface area contributed by atoms with Gasteiger partial charge in [-0.15, -0.1) is 5.10 Å². The number of piperazine rings is 1. The lowest BCUT2D eigenvalue weighted by Crippen LogP contribution is -2.58. The predicted molar refractivity (Wildman–Crippen MR) is 156 cm³/mol. The zero-order valence-corrected chi connectivity index (χ0v) is 23.3. The van der Waals surface area contributed by atoms with Crippen molar-refractivity contribution in [1.82, 2.24) is 39.8 Å². The molecule has 0 saturated carbocycles. The summed E-state index contributed by atoms with van der Waals surface area (Å²) in [5.74, 6) is 2.49. The Labute approximate surface area is 236 Å². The summed E-state index contributed by atoms with van der Waals surface area (Å²) in [6, 6.07) is 11.6. The van der Waals surface area contributed by atoms with Crippen LogP contribution < -0.4 is 15.0 Å². The first-order valence-electron chi connectivity index (χ1n) is 13.3. The van der Waals surface area contributed by atoms with Crippen molar-refractivity contribution in [2.45, 2.75) is 32.9 Å². The first-order valence-corrected chi connectivity index (χ1v) is 13.3. The summed E-state index contributed by atoms with van der Waals surface area (Å²) >= 11 is 0. The molecule has 1 aliphatic rings. The maximum atomic E-state index is 12.3. The van der Waals surface area contributed by atoms with E-state index in [0.29, 0.717) is 41.6 Å². The van der Waals surface area contributed by atoms with Crippen molar-refractivity contribution >= 4 is 45.4 Å². The summed E-state index contributed by atoms with van der Waals surface area (Å²) in [5, 5.41) is 11.6. The molecule has 3 aromatic heterocycles. The van der Waals surface area contributed by atoms with Gasteiger partial charge in [0, 0.05) is 44.0 Å². The molecule has 1 N–H and O–H groups in total. The summed E-state index contributed by atoms with van der Waals surface area (Å²) in [6.07, 6.45) is 4.56. The zero-order chi connectivity index (χ0) is 28.7. The number of carbonyl (C=O) groups excluding carboxylic acids is 1. The fourth-order valence-corrected chi connectivity index (χ4v) is 5.09. The summed E-state index contributed by atoms with van der Waals surface area (Å²) in [6.45, 7) is 10.8. The molecule has 2 aromatic carbocycles. The normalized spacial score (nSPS) is 17.2. The Morgan fingerprint density at radius 1 is 1.07 bits per heavy atom. The predicted octanol–water partition coefficient (Wildman–Crippen LogP) is 4.16. The molecule has 0 aliphatic carbocycles. The van der Waals surface area contributed by atoms with E-state index in [1.807, 2.05) is 62.2 Å². The lowest BCUT2D eigenvalue weighted by Gasteiger charge is -2.43. The number of aromatic nitrogens is 7. The van der Waals surface area contributed by atoms with Gasteiger partial charge in [0.1, 0.15) is 34.4 Å². The average Bonchev–Trinajstić information content (AvgIpc) is 3.34. The molecule has 41 heavy (non-hydrogen) atoms. The molecule has 1 amide bonds. The number of nitrogens with one attached hydrogen (secondary N) is 1. The van der Waals surface area contributed by atoms with Gasteiger partial charge in [-0.1, -0.05) is 11.8 Å². The standard InChI is InChI=1S/C29H30N10O2/c1-6-26(40)38-14-19(4)39(15-18(38)3)29-30-13-23-27(34-29)28(32-16-31-23)33-20-7-10-25(17(2)11-20)41-21-8-9-24-22(12-21)35-36-37(24)5/h6-13,16,18-19H,1,14-15H2,2-5H3,(H,31,32,33)/t18-,19+/m0/s1. The van der Waals surface area contributed by atoms with E-state index in [9.17, 15) is 4.79 Å². The van der Waals surface area contributed by atoms with Gasteiger partial charge in [0.2, 0.25) is 11.9 Å². The number of nitrogens with zero attached hydrogens (tertiary/aromatic N) is 9. The van der Waals surface area contributed by atoms with Crippen molar-refractivity contribution in [1.29, 1.82) is 0 Å². The quantitative estimate of drug-likeness (QED) is 0.308. The Balaban J connectivity index is 1.23. The molecule has 12 heteroatoms. The smallest absolute Gasteiger partial charge is 0.246 e. The lowest BCUT2D eigenvalue weighted by molar-refractivity contribution is -0.128. The van der Waals surface area contributed by atoms with Crippen LogP contribution in [-0.4, -0.2) is 70.9 Å². The topological polar surface area (TPSA) is 127 Å². The van der Waals surface area contributed by atoms with Crippen LogP contribution in [0.25, 0.3) is 22.1 Å². The minimum absolute atomic E-state index is 0.00754. The molecule has 5 aromatic rings. The molecule has 1 aliphatic heterocycles. The number of hydrogen-bond acceptors (Lipinski definition) is 10. The fourth-order valence-electron chi connectivity index (χ4n) is 5.09. The van der Waals surface area contributed by atoms with Crippen LogP contribution in [0.2, 0.25) is 0 Å². The Bertz CT molecular complexity index is 1780. The monoisotopic (exact) mass is 550 g/mol. The third kappa shape index (κ3) is 4.99. The van der Waals surface area contributed by atoms with E-state index in [1.165, 1.54) is 12.4 Å². The van der Waals surface area contributed by atoms with Crippen LogP contribution in [0.3, 0.4) is 0 Å². The number of fused-ring (bicyclic) bond motifs is 2. The molecule has 12 nitrogen and oxygen atoms in total. The van der Waals surface area contributed by atoms with E-state index in [2.05, 4.69) is 49.0 Å². The van der Waals surface area contributed by atoms with Crippen molar-refractivity contribution in [2.75, 3.05) is 23.3 Å². The third-order valence-corrected chi connectivity index (χ3v) is 7.31. The Morgan fingerprint density at radius 3 is 2.73 bits per heavy atom. The van der Waals surface area contributed by atoms with Crippen LogP contribution in [0.1, 0.15) is 19.4 Å². The molecule has 208 valence electrons. The van der Waals surface area contributed by atoms with Gasteiger partial charge in [-0.05, 0) is 62.7 Å². The molecule has 0 bridgehead atoms. The maximum Gasteiger partial charge on any atom is 0.246 e. The first kappa shape index (κ1) is 26.1. The van der Waals surface area contributed by atoms with Gasteiger partial charge >= 0.3 is 0 Å². The molecule has 1 saturated heterocycles. The molecule has 1 fully saturated rings. The number of carbonyl (C=O) groups is 1. The van der Waals surface area contributed by atoms with Crippen molar-refractivity contribution in [2.24, 2.45) is 7.05 Å². The van der Waals surface area contributed by atoms with Gasteiger partial charge in [-0.25, -0.2) is 24.6 Å². The number of amides is 1. The SMILES string of the molecule is C=CC(=O)N1C[C@@H](C)N(c2ncc3ncnc(Nc4ccc(Oc5ccc6c(c5)nnn6C)c(C)c4)c3n2)C[C@@H]1C. The second-order valence-electron chi connectivity index (χ2n) is 10.2. The molecule has 4 heterocycles. The van der Waals surface area contributed by atoms with Crippen LogP contribution in [0.4, 0.5) is 17.5 Å². The molecule has 0 radical (unpaired) electrons. The largest absolute Gasteiger partial charge is 0.457 e. The third-order valence-electron chi connectivity index (χ3n) is 7.31. The summed E-state index contributed by atoms with van der Waals surface area (Å²) in [7, 11) is 1.86. The molecule has 0 unspecified atom stereocenters. The molecule has 2 atom stereocenters. The van der Waals surface area contributed by atoms with E-state index in [1.54, 1.807) is 10.9 Å². The van der Waals surface area contributed by atoms with Crippen molar-refractivity contribution in [3.05, 3.63) is 67.1 Å². The minimum Gasteiger partial charge on any atom is -0.457 e. The number of benzene rings is 2. The van der Waals surface area contributed by atoms with E-state index in [-0.39, 0.29) is 18.0 Å². The Kier molecular flexibility index (Phi) is 6.66. The number of rotatable bonds is 6. The summed E-state index contributed by atoms with van der Waals surface area (Å²) in [5.41, 5.74) is 4.72. The summed E-state index contributed by atoms with van der Waals surface area (Å²) < 4.78 is 7.87. The van der Waals surface area contributed by atoms with Crippen LogP contribution in [0, 0.1) is 6.92 Å². The van der Waals surface area contributed by atoms with Crippen LogP contribution >= 0.6 is 0 Å². The van der Waals surface area contributed by atoms with Gasteiger partial charge in [0.05, 0.1) is 11.7 Å². The van der Waals surface area contributed by atoms with Crippen molar-refractivity contribution in [3.8, 4) is 11.5 Å². The molecular weight excluding hydrogens is 520 g/mol. The molecular formula is C29H30N10O2. The van der Waals surface area contributed by atoms with E-state index < -0.39 is 0 Å². The Hall–Kier alpha value is -5.13. The minimum atomic E-state index is -0.0680. The number of aryl methyl sites for hydroxylation is 2. The van der Waals surface area contributed by atoms with E-state index in [0.717, 1.165) is 28.0 Å². The first-order chi connectivity index (χ1) is 19.8. The highest BCUT2D eigenvalue weighted by Gasteiger charge is 2.32. The highest BCUT2D eigenvalue weighted by Crippen LogP contribution is 2.31. The lowest BCUT2D eigenvalue weighted by atomic mass is 10.1. The number of hydrogen-bond donors (Lipinski definition) is 1. The summed E-state index contributed by atoms with van der Waals surface area (Å²) in [4.78, 5) is 34.5. The van der Waals surface area contributed by atoms with Gasteiger partial charge in [0.25, 0.3) is 0 Å². The second-order valence-corrected chi connectivity index (χ2v) is 10.2. The highest BCUT2D eigenvalue weighted by atomic mass is 16.5. The van der Waals surface area contributed by atoms with Crippen molar-refractivity contribution < 1.29 is 9.53 Å². The van der Waals surface area contributed by atoms with E-state index in [4.69, 9.17) is 9.72 Å². The van der Waals surface area contributed by atoms with E-state index >= 15 is 0 Å². The van der Waals surface area contributed by atoms with Crippen molar-refractivity contribution in [3.63, 3.8) is 0 Å². The zero-order valence-electron chi connectivity index (χ0n) is 23.3. The van der Waals surface area contributed by atoms with Gasteiger partial charge < -0.3 is 19.9 Å². The maximum absolute atomic E-state index is 12.3. The van der Waals surface area contributed by atoms with Crippen LogP contribution in [-0.2, 0) is 11.8 Å². The van der Waals surface area contributed by atoms with Gasteiger partial charge in [0.15, 0.2) is 5.82 Å². The molecule has 6 rings (SSSR count). The highest BCUT2D eigenvalue weighted by molar-refractivity contribution is 5.88. The van der Waals surface area contributed by atoms with Gasteiger partial charge in [-0.2, -0.15) is 0 Å². The number of ether oxygens (including phenoxy) is 1. The van der Waals surface area contributed by atoms with Gasteiger partial charge in [-0.3, -0.25) is 4.79 Å².